The van der Waals surface area contributed by atoms with Crippen LogP contribution < -0.4 is 0 Å². The number of carbonyl (C=O) groups is 3. The van der Waals surface area contributed by atoms with Crippen molar-refractivity contribution in [3.63, 3.8) is 0 Å². The maximum Gasteiger partial charge on any atom is 0.335 e. The van der Waals surface area contributed by atoms with Gasteiger partial charge in [0, 0.05) is 0 Å². The molecule has 7 nitrogen and oxygen atoms in total. The average molecular weight is 396 g/mol. The molecule has 1 rings (SSSR count). The Kier molecular flexibility index (Phi) is 13.2. The second-order valence-electron chi connectivity index (χ2n) is 6.82. The highest BCUT2D eigenvalue weighted by Crippen LogP contribution is 2.30. The SMILES string of the molecule is CCCCCCCCC(C)c1cc(C(=O)O)ccc1O.O=C(O)CCC(=O)O. The van der Waals surface area contributed by atoms with Crippen LogP contribution in [0.15, 0.2) is 18.2 Å². The minimum absolute atomic E-state index is 0.195. The lowest BCUT2D eigenvalue weighted by atomic mass is 9.92. The third-order valence-corrected chi connectivity index (χ3v) is 4.35. The molecule has 0 radical (unpaired) electrons. The summed E-state index contributed by atoms with van der Waals surface area (Å²) < 4.78 is 0. The van der Waals surface area contributed by atoms with Crippen LogP contribution in [0.25, 0.3) is 0 Å². The van der Waals surface area contributed by atoms with Crippen LogP contribution in [-0.2, 0) is 9.59 Å². The first-order chi connectivity index (χ1) is 13.2. The molecule has 0 bridgehead atoms. The summed E-state index contributed by atoms with van der Waals surface area (Å²) in [5, 5.41) is 34.7. The van der Waals surface area contributed by atoms with Crippen molar-refractivity contribution in [3.8, 4) is 5.75 Å². The number of carboxylic acids is 3. The Hall–Kier alpha value is -2.57. The van der Waals surface area contributed by atoms with E-state index in [9.17, 15) is 19.5 Å². The minimum Gasteiger partial charge on any atom is -0.508 e. The number of rotatable bonds is 12. The van der Waals surface area contributed by atoms with Crippen LogP contribution >= 0.6 is 0 Å². The summed E-state index contributed by atoms with van der Waals surface area (Å²) in [6.07, 6.45) is 7.86. The van der Waals surface area contributed by atoms with Gasteiger partial charge in [0.05, 0.1) is 18.4 Å². The number of aromatic carboxylic acids is 1. The van der Waals surface area contributed by atoms with Gasteiger partial charge in [-0.3, -0.25) is 9.59 Å². The molecule has 1 atom stereocenters. The molecule has 0 spiro atoms. The Labute approximate surface area is 166 Å². The normalized spacial score (nSPS) is 11.2. The molecule has 0 aliphatic heterocycles. The summed E-state index contributed by atoms with van der Waals surface area (Å²) in [5.41, 5.74) is 0.992. The predicted molar refractivity (Wildman–Crippen MR) is 106 cm³/mol. The molecule has 7 heteroatoms. The number of hydrogen-bond donors (Lipinski definition) is 4. The summed E-state index contributed by atoms with van der Waals surface area (Å²) in [6.45, 7) is 4.26. The first-order valence-electron chi connectivity index (χ1n) is 9.68. The fourth-order valence-corrected chi connectivity index (χ4v) is 2.68. The molecule has 0 amide bonds. The molecule has 0 aromatic heterocycles. The van der Waals surface area contributed by atoms with Crippen molar-refractivity contribution < 1.29 is 34.8 Å². The van der Waals surface area contributed by atoms with Crippen LogP contribution in [0.1, 0.15) is 93.5 Å². The fourth-order valence-electron chi connectivity index (χ4n) is 2.68. The lowest BCUT2D eigenvalue weighted by Crippen LogP contribution is -2.00. The summed E-state index contributed by atoms with van der Waals surface area (Å²) in [7, 11) is 0. The molecule has 0 saturated carbocycles. The molecule has 1 aromatic carbocycles. The van der Waals surface area contributed by atoms with Crippen LogP contribution in [0.5, 0.6) is 5.75 Å². The zero-order chi connectivity index (χ0) is 21.5. The number of unbranched alkanes of at least 4 members (excludes halogenated alkanes) is 5. The largest absolute Gasteiger partial charge is 0.508 e. The van der Waals surface area contributed by atoms with E-state index >= 15 is 0 Å². The lowest BCUT2D eigenvalue weighted by Gasteiger charge is -2.14. The van der Waals surface area contributed by atoms with Gasteiger partial charge in [-0.25, -0.2) is 4.79 Å². The standard InChI is InChI=1S/C17H26O3.C4H6O4/c1-3-4-5-6-7-8-9-13(2)15-12-14(17(19)20)10-11-16(15)18;5-3(6)1-2-4(7)8/h10-13,18H,3-9H2,1-2H3,(H,19,20);1-2H2,(H,5,6)(H,7,8). The average Bonchev–Trinajstić information content (AvgIpc) is 2.63. The fraction of sp³-hybridized carbons (Fsp3) is 0.571. The predicted octanol–water partition coefficient (Wildman–Crippen LogP) is 4.88. The lowest BCUT2D eigenvalue weighted by molar-refractivity contribution is -0.143. The molecule has 1 aromatic rings. The van der Waals surface area contributed by atoms with E-state index < -0.39 is 17.9 Å². The van der Waals surface area contributed by atoms with Gasteiger partial charge in [-0.1, -0.05) is 52.4 Å². The highest BCUT2D eigenvalue weighted by atomic mass is 16.4. The van der Waals surface area contributed by atoms with Crippen molar-refractivity contribution in [1.82, 2.24) is 0 Å². The zero-order valence-corrected chi connectivity index (χ0v) is 16.7. The van der Waals surface area contributed by atoms with Crippen LogP contribution in [0.4, 0.5) is 0 Å². The van der Waals surface area contributed by atoms with Gasteiger partial charge >= 0.3 is 17.9 Å². The van der Waals surface area contributed by atoms with Crippen LogP contribution in [0.2, 0.25) is 0 Å². The zero-order valence-electron chi connectivity index (χ0n) is 16.7. The smallest absolute Gasteiger partial charge is 0.335 e. The van der Waals surface area contributed by atoms with Crippen LogP contribution in [0, 0.1) is 0 Å². The topological polar surface area (TPSA) is 132 Å². The van der Waals surface area contributed by atoms with E-state index in [0.717, 1.165) is 18.4 Å². The van der Waals surface area contributed by atoms with E-state index in [4.69, 9.17) is 15.3 Å². The molecule has 28 heavy (non-hydrogen) atoms. The van der Waals surface area contributed by atoms with Crippen molar-refractivity contribution in [2.75, 3.05) is 0 Å². The molecule has 0 saturated heterocycles. The maximum absolute atomic E-state index is 11.0. The Bertz CT molecular complexity index is 611. The number of phenolic OH excluding ortho intramolecular Hbond substituents is 1. The molecule has 0 fully saturated rings. The van der Waals surface area contributed by atoms with E-state index in [1.54, 1.807) is 6.07 Å². The Morgan fingerprint density at radius 2 is 1.43 bits per heavy atom. The summed E-state index contributed by atoms with van der Waals surface area (Å²) in [4.78, 5) is 30.2. The van der Waals surface area contributed by atoms with E-state index in [1.165, 1.54) is 44.2 Å². The molecular formula is C21H32O7. The Morgan fingerprint density at radius 1 is 0.893 bits per heavy atom. The first kappa shape index (κ1) is 25.4. The van der Waals surface area contributed by atoms with Crippen molar-refractivity contribution in [2.45, 2.75) is 77.6 Å². The van der Waals surface area contributed by atoms with E-state index in [-0.39, 0.29) is 30.1 Å². The molecular weight excluding hydrogens is 364 g/mol. The second-order valence-corrected chi connectivity index (χ2v) is 6.82. The highest BCUT2D eigenvalue weighted by Gasteiger charge is 2.13. The third kappa shape index (κ3) is 11.9. The second kappa shape index (κ2) is 14.5. The van der Waals surface area contributed by atoms with Crippen molar-refractivity contribution in [1.29, 1.82) is 0 Å². The summed E-state index contributed by atoms with van der Waals surface area (Å²) in [5.74, 6) is -2.70. The Balaban J connectivity index is 0.000000769. The molecule has 0 heterocycles. The number of hydrogen-bond acceptors (Lipinski definition) is 4. The quantitative estimate of drug-likeness (QED) is 0.370. The van der Waals surface area contributed by atoms with Gasteiger partial charge in [-0.2, -0.15) is 0 Å². The van der Waals surface area contributed by atoms with Gasteiger partial charge in [0.15, 0.2) is 0 Å². The molecule has 0 aliphatic carbocycles. The van der Waals surface area contributed by atoms with Gasteiger partial charge in [-0.15, -0.1) is 0 Å². The molecule has 158 valence electrons. The summed E-state index contributed by atoms with van der Waals surface area (Å²) in [6, 6.07) is 4.52. The van der Waals surface area contributed by atoms with E-state index in [2.05, 4.69) is 6.92 Å². The van der Waals surface area contributed by atoms with E-state index in [1.807, 2.05) is 6.92 Å². The first-order valence-corrected chi connectivity index (χ1v) is 9.68. The van der Waals surface area contributed by atoms with Crippen LogP contribution in [0.3, 0.4) is 0 Å². The van der Waals surface area contributed by atoms with Crippen LogP contribution in [-0.4, -0.2) is 38.3 Å². The molecule has 0 aliphatic rings. The van der Waals surface area contributed by atoms with Gasteiger partial charge in [0.1, 0.15) is 5.75 Å². The molecule has 1 unspecified atom stereocenters. The van der Waals surface area contributed by atoms with E-state index in [0.29, 0.717) is 0 Å². The minimum atomic E-state index is -1.08. The van der Waals surface area contributed by atoms with Crippen molar-refractivity contribution >= 4 is 17.9 Å². The summed E-state index contributed by atoms with van der Waals surface area (Å²) >= 11 is 0. The van der Waals surface area contributed by atoms with Gasteiger partial charge < -0.3 is 20.4 Å². The maximum atomic E-state index is 11.0. The molecule has 4 N–H and O–H groups in total. The van der Waals surface area contributed by atoms with Gasteiger partial charge in [0.2, 0.25) is 0 Å². The Morgan fingerprint density at radius 3 is 1.93 bits per heavy atom. The number of phenols is 1. The number of aliphatic carboxylic acids is 2. The van der Waals surface area contributed by atoms with Gasteiger partial charge in [0.25, 0.3) is 0 Å². The number of carboxylic acid groups (broad SMARTS) is 3. The third-order valence-electron chi connectivity index (χ3n) is 4.35. The van der Waals surface area contributed by atoms with Gasteiger partial charge in [-0.05, 0) is 36.1 Å². The number of aromatic hydroxyl groups is 1. The van der Waals surface area contributed by atoms with Crippen molar-refractivity contribution in [2.24, 2.45) is 0 Å². The highest BCUT2D eigenvalue weighted by molar-refractivity contribution is 5.88. The van der Waals surface area contributed by atoms with Crippen molar-refractivity contribution in [3.05, 3.63) is 29.3 Å². The monoisotopic (exact) mass is 396 g/mol. The number of benzene rings is 1.